The van der Waals surface area contributed by atoms with E-state index in [1.165, 1.54) is 17.6 Å². The second kappa shape index (κ2) is 5.77. The Labute approximate surface area is 135 Å². The number of rotatable bonds is 2. The van der Waals surface area contributed by atoms with Crippen LogP contribution in [0.15, 0.2) is 23.3 Å². The average Bonchev–Trinajstić information content (AvgIpc) is 2.53. The zero-order chi connectivity index (χ0) is 16.0. The molecule has 0 aromatic carbocycles. The zero-order valence-corrected chi connectivity index (χ0v) is 14.6. The van der Waals surface area contributed by atoms with Crippen LogP contribution in [0.3, 0.4) is 0 Å². The average molecular weight is 305 g/mol. The van der Waals surface area contributed by atoms with Crippen LogP contribution in [0.2, 0.25) is 0 Å². The number of fused-ring (bicyclic) bond motifs is 1. The van der Waals surface area contributed by atoms with Gasteiger partial charge in [0.05, 0.1) is 11.7 Å². The Morgan fingerprint density at radius 3 is 2.73 bits per heavy atom. The van der Waals surface area contributed by atoms with Crippen LogP contribution in [0, 0.1) is 5.41 Å². The van der Waals surface area contributed by atoms with Crippen molar-refractivity contribution in [2.24, 2.45) is 5.41 Å². The van der Waals surface area contributed by atoms with Gasteiger partial charge in [0.2, 0.25) is 0 Å². The Balaban J connectivity index is 2.08. The highest BCUT2D eigenvalue weighted by molar-refractivity contribution is 5.43. The SMILES string of the molecule is COC1C=C([C@@]23CCCC[C@@]2(O)C(C)N(C)CC3)C(C)=CC1. The molecule has 0 radical (unpaired) electrons. The van der Waals surface area contributed by atoms with Crippen LogP contribution in [-0.4, -0.2) is 48.5 Å². The van der Waals surface area contributed by atoms with Gasteiger partial charge in [0.25, 0.3) is 0 Å². The third kappa shape index (κ3) is 2.21. The highest BCUT2D eigenvalue weighted by Gasteiger charge is 2.59. The predicted octanol–water partition coefficient (Wildman–Crippen LogP) is 3.29. The molecule has 2 aliphatic carbocycles. The molecule has 0 spiro atoms. The Morgan fingerprint density at radius 2 is 2.00 bits per heavy atom. The lowest BCUT2D eigenvalue weighted by molar-refractivity contribution is -0.168. The topological polar surface area (TPSA) is 32.7 Å². The molecule has 3 heteroatoms. The molecular formula is C19H31NO2. The van der Waals surface area contributed by atoms with Crippen LogP contribution in [0.25, 0.3) is 0 Å². The summed E-state index contributed by atoms with van der Waals surface area (Å²) in [6.07, 6.45) is 11.2. The summed E-state index contributed by atoms with van der Waals surface area (Å²) in [5, 5.41) is 11.8. The largest absolute Gasteiger partial charge is 0.387 e. The number of hydrogen-bond acceptors (Lipinski definition) is 3. The van der Waals surface area contributed by atoms with Gasteiger partial charge in [-0.3, -0.25) is 0 Å². The first-order chi connectivity index (χ1) is 10.4. The Morgan fingerprint density at radius 1 is 1.27 bits per heavy atom. The van der Waals surface area contributed by atoms with Crippen LogP contribution in [0.5, 0.6) is 0 Å². The lowest BCUT2D eigenvalue weighted by Gasteiger charge is -2.60. The normalized spacial score (nSPS) is 43.3. The van der Waals surface area contributed by atoms with E-state index in [0.717, 1.165) is 38.6 Å². The van der Waals surface area contributed by atoms with E-state index in [1.807, 2.05) is 0 Å². The van der Waals surface area contributed by atoms with Gasteiger partial charge in [-0.25, -0.2) is 0 Å². The molecule has 22 heavy (non-hydrogen) atoms. The summed E-state index contributed by atoms with van der Waals surface area (Å²) in [5.41, 5.74) is 2.02. The van der Waals surface area contributed by atoms with Crippen LogP contribution in [0.4, 0.5) is 0 Å². The van der Waals surface area contributed by atoms with Crippen molar-refractivity contribution in [1.29, 1.82) is 0 Å². The molecule has 3 aliphatic rings. The van der Waals surface area contributed by atoms with Gasteiger partial charge in [-0.2, -0.15) is 0 Å². The summed E-state index contributed by atoms with van der Waals surface area (Å²) in [7, 11) is 3.94. The summed E-state index contributed by atoms with van der Waals surface area (Å²) in [6, 6.07) is 0.207. The van der Waals surface area contributed by atoms with E-state index in [-0.39, 0.29) is 17.6 Å². The van der Waals surface area contributed by atoms with Gasteiger partial charge in [0.1, 0.15) is 0 Å². The van der Waals surface area contributed by atoms with Crippen LogP contribution >= 0.6 is 0 Å². The molecule has 0 bridgehead atoms. The second-order valence-electron chi connectivity index (χ2n) is 7.60. The predicted molar refractivity (Wildman–Crippen MR) is 89.8 cm³/mol. The van der Waals surface area contributed by atoms with E-state index in [9.17, 15) is 5.11 Å². The second-order valence-corrected chi connectivity index (χ2v) is 7.60. The zero-order valence-electron chi connectivity index (χ0n) is 14.6. The molecule has 1 aliphatic heterocycles. The van der Waals surface area contributed by atoms with E-state index in [1.54, 1.807) is 7.11 Å². The smallest absolute Gasteiger partial charge is 0.0895 e. The van der Waals surface area contributed by atoms with E-state index >= 15 is 0 Å². The standard InChI is InChI=1S/C19H31NO2/c1-14-7-8-16(22-4)13-17(14)18-9-5-6-10-19(18,21)15(2)20(3)12-11-18/h7,13,15-16,21H,5-6,8-12H2,1-4H3/t15?,16?,18-,19+/m0/s1. The summed E-state index contributed by atoms with van der Waals surface area (Å²) >= 11 is 0. The highest BCUT2D eigenvalue weighted by Crippen LogP contribution is 2.58. The van der Waals surface area contributed by atoms with Crippen molar-refractivity contribution in [3.8, 4) is 0 Å². The molecule has 1 saturated heterocycles. The minimum Gasteiger partial charge on any atom is -0.387 e. The van der Waals surface area contributed by atoms with Crippen molar-refractivity contribution in [2.75, 3.05) is 20.7 Å². The van der Waals surface area contributed by atoms with Crippen molar-refractivity contribution in [2.45, 2.75) is 70.1 Å². The fraction of sp³-hybridized carbons (Fsp3) is 0.789. The Kier molecular flexibility index (Phi) is 4.26. The fourth-order valence-corrected chi connectivity index (χ4v) is 5.14. The number of hydrogen-bond donors (Lipinski definition) is 1. The number of likely N-dealkylation sites (tertiary alicyclic amines) is 1. The molecule has 0 amide bonds. The Bertz CT molecular complexity index is 498. The third-order valence-electron chi connectivity index (χ3n) is 6.74. The first kappa shape index (κ1) is 16.2. The number of methoxy groups -OCH3 is 1. The van der Waals surface area contributed by atoms with Crippen molar-refractivity contribution < 1.29 is 9.84 Å². The highest BCUT2D eigenvalue weighted by atomic mass is 16.5. The van der Waals surface area contributed by atoms with Gasteiger partial charge < -0.3 is 14.7 Å². The van der Waals surface area contributed by atoms with Gasteiger partial charge in [-0.05, 0) is 58.7 Å². The molecule has 2 unspecified atom stereocenters. The van der Waals surface area contributed by atoms with E-state index in [4.69, 9.17) is 4.74 Å². The van der Waals surface area contributed by atoms with E-state index < -0.39 is 5.60 Å². The first-order valence-corrected chi connectivity index (χ1v) is 8.79. The van der Waals surface area contributed by atoms with Gasteiger partial charge in [0.15, 0.2) is 0 Å². The summed E-state index contributed by atoms with van der Waals surface area (Å²) in [5.74, 6) is 0. The van der Waals surface area contributed by atoms with Crippen LogP contribution < -0.4 is 0 Å². The number of nitrogens with zero attached hydrogens (tertiary/aromatic N) is 1. The summed E-state index contributed by atoms with van der Waals surface area (Å²) in [6.45, 7) is 5.48. The quantitative estimate of drug-likeness (QED) is 0.850. The first-order valence-electron chi connectivity index (χ1n) is 8.79. The molecule has 1 saturated carbocycles. The molecule has 2 fully saturated rings. The number of piperidine rings is 1. The molecule has 0 aromatic rings. The van der Waals surface area contributed by atoms with Gasteiger partial charge in [0, 0.05) is 18.6 Å². The van der Waals surface area contributed by atoms with Crippen molar-refractivity contribution in [3.63, 3.8) is 0 Å². The monoisotopic (exact) mass is 305 g/mol. The number of ether oxygens (including phenoxy) is 1. The molecule has 1 N–H and O–H groups in total. The van der Waals surface area contributed by atoms with Gasteiger partial charge in [-0.1, -0.05) is 30.6 Å². The Hall–Kier alpha value is -0.640. The fourth-order valence-electron chi connectivity index (χ4n) is 5.14. The lowest BCUT2D eigenvalue weighted by Crippen LogP contribution is -2.66. The summed E-state index contributed by atoms with van der Waals surface area (Å²) < 4.78 is 5.60. The molecule has 1 heterocycles. The maximum absolute atomic E-state index is 11.8. The van der Waals surface area contributed by atoms with Crippen molar-refractivity contribution in [1.82, 2.24) is 4.90 Å². The van der Waals surface area contributed by atoms with Crippen LogP contribution in [-0.2, 0) is 4.74 Å². The molecule has 4 atom stereocenters. The van der Waals surface area contributed by atoms with Crippen molar-refractivity contribution in [3.05, 3.63) is 23.3 Å². The molecule has 3 nitrogen and oxygen atoms in total. The minimum atomic E-state index is -0.616. The van der Waals surface area contributed by atoms with Crippen LogP contribution in [0.1, 0.15) is 52.4 Å². The number of aliphatic hydroxyl groups is 1. The molecule has 3 rings (SSSR count). The molecule has 0 aromatic heterocycles. The van der Waals surface area contributed by atoms with Crippen molar-refractivity contribution >= 4 is 0 Å². The molecular weight excluding hydrogens is 274 g/mol. The van der Waals surface area contributed by atoms with Gasteiger partial charge >= 0.3 is 0 Å². The number of allylic oxidation sites excluding steroid dienone is 1. The van der Waals surface area contributed by atoms with E-state index in [0.29, 0.717) is 0 Å². The number of likely N-dealkylation sites (N-methyl/N-ethyl adjacent to an activating group) is 1. The lowest BCUT2D eigenvalue weighted by atomic mass is 9.52. The maximum atomic E-state index is 11.8. The summed E-state index contributed by atoms with van der Waals surface area (Å²) in [4.78, 5) is 2.33. The maximum Gasteiger partial charge on any atom is 0.0895 e. The minimum absolute atomic E-state index is 0.0883. The van der Waals surface area contributed by atoms with E-state index in [2.05, 4.69) is 37.9 Å². The third-order valence-corrected chi connectivity index (χ3v) is 6.74. The molecule has 124 valence electrons. The van der Waals surface area contributed by atoms with Gasteiger partial charge in [-0.15, -0.1) is 0 Å².